The van der Waals surface area contributed by atoms with Crippen LogP contribution in [0.2, 0.25) is 0 Å². The molecule has 3 heterocycles. The second-order valence-electron chi connectivity index (χ2n) is 7.69. The van der Waals surface area contributed by atoms with E-state index in [1.807, 2.05) is 12.1 Å². The van der Waals surface area contributed by atoms with E-state index in [2.05, 4.69) is 18.0 Å². The van der Waals surface area contributed by atoms with Gasteiger partial charge in [-0.3, -0.25) is 14.3 Å². The van der Waals surface area contributed by atoms with Gasteiger partial charge in [-0.05, 0) is 29.5 Å². The summed E-state index contributed by atoms with van der Waals surface area (Å²) >= 11 is 0. The number of fused-ring (bicyclic) bond motifs is 2. The Morgan fingerprint density at radius 3 is 2.83 bits per heavy atom. The Hall–Kier alpha value is -2.26. The number of nitrogens with one attached hydrogen (secondary N) is 1. The molecule has 1 aromatic carbocycles. The van der Waals surface area contributed by atoms with Gasteiger partial charge < -0.3 is 19.7 Å². The second-order valence-corrected chi connectivity index (χ2v) is 7.69. The minimum atomic E-state index is -1.27. The molecular weight excluding hydrogens is 376 g/mol. The van der Waals surface area contributed by atoms with Crippen molar-refractivity contribution in [2.24, 2.45) is 0 Å². The lowest BCUT2D eigenvalue weighted by molar-refractivity contribution is -0.135. The lowest BCUT2D eigenvalue weighted by Gasteiger charge is -2.31. The van der Waals surface area contributed by atoms with Crippen molar-refractivity contribution in [1.29, 1.82) is 0 Å². The molecule has 0 amide bonds. The van der Waals surface area contributed by atoms with Crippen LogP contribution in [0, 0.1) is 0 Å². The molecule has 4 rings (SSSR count). The summed E-state index contributed by atoms with van der Waals surface area (Å²) < 4.78 is 13.0. The fraction of sp³-hybridized carbons (Fsp3) is 0.524. The number of aliphatic hydroxyl groups excluding tert-OH is 2. The number of H-pyrrole nitrogens is 1. The van der Waals surface area contributed by atoms with Crippen LogP contribution in [0.4, 0.5) is 0 Å². The molecule has 0 radical (unpaired) electrons. The maximum Gasteiger partial charge on any atom is 0.330 e. The molecule has 1 aromatic heterocycles. The molecule has 1 saturated heterocycles. The number of aromatic nitrogens is 2. The molecule has 0 aliphatic carbocycles. The highest BCUT2D eigenvalue weighted by atomic mass is 16.6. The van der Waals surface area contributed by atoms with Gasteiger partial charge in [-0.15, -0.1) is 0 Å². The fourth-order valence-corrected chi connectivity index (χ4v) is 4.44. The summed E-state index contributed by atoms with van der Waals surface area (Å²) in [6, 6.07) is 7.21. The van der Waals surface area contributed by atoms with Crippen LogP contribution in [0.5, 0.6) is 0 Å². The van der Waals surface area contributed by atoms with Crippen LogP contribution in [-0.2, 0) is 28.1 Å². The van der Waals surface area contributed by atoms with Gasteiger partial charge in [0.25, 0.3) is 5.56 Å². The molecule has 8 heteroatoms. The molecule has 0 unspecified atom stereocenters. The summed E-state index contributed by atoms with van der Waals surface area (Å²) in [5.41, 5.74) is 0.426. The highest BCUT2D eigenvalue weighted by molar-refractivity contribution is 5.42. The van der Waals surface area contributed by atoms with Crippen LogP contribution < -0.4 is 11.2 Å². The summed E-state index contributed by atoms with van der Waals surface area (Å²) in [5.74, 6) is 0. The Labute approximate surface area is 167 Å². The molecule has 29 heavy (non-hydrogen) atoms. The van der Waals surface area contributed by atoms with E-state index in [4.69, 9.17) is 9.47 Å². The number of aryl methyl sites for hydroxylation is 1. The molecule has 0 bridgehead atoms. The Morgan fingerprint density at radius 2 is 2.10 bits per heavy atom. The van der Waals surface area contributed by atoms with E-state index in [0.29, 0.717) is 6.61 Å². The van der Waals surface area contributed by atoms with Crippen molar-refractivity contribution < 1.29 is 19.7 Å². The van der Waals surface area contributed by atoms with Crippen molar-refractivity contribution in [3.8, 4) is 0 Å². The maximum absolute atomic E-state index is 12.2. The monoisotopic (exact) mass is 402 g/mol. The van der Waals surface area contributed by atoms with Crippen molar-refractivity contribution in [2.75, 3.05) is 6.61 Å². The summed E-state index contributed by atoms with van der Waals surface area (Å²) in [6.45, 7) is 2.07. The molecular formula is C21H26N2O6. The molecule has 8 nitrogen and oxygen atoms in total. The number of hydrogen-bond acceptors (Lipinski definition) is 6. The minimum absolute atomic E-state index is 0.293. The molecule has 2 aromatic rings. The number of benzene rings is 1. The molecule has 1 fully saturated rings. The zero-order valence-corrected chi connectivity index (χ0v) is 16.3. The van der Waals surface area contributed by atoms with Crippen molar-refractivity contribution in [3.63, 3.8) is 0 Å². The predicted molar refractivity (Wildman–Crippen MR) is 104 cm³/mol. The minimum Gasteiger partial charge on any atom is -0.394 e. The van der Waals surface area contributed by atoms with Crippen LogP contribution >= 0.6 is 0 Å². The molecule has 1 spiro atoms. The highest BCUT2D eigenvalue weighted by Gasteiger charge is 2.61. The quantitative estimate of drug-likeness (QED) is 0.620. The number of nitrogens with zero attached hydrogens (tertiary/aromatic N) is 1. The van der Waals surface area contributed by atoms with Crippen LogP contribution in [0.3, 0.4) is 0 Å². The summed E-state index contributed by atoms with van der Waals surface area (Å²) in [7, 11) is 0. The standard InChI is InChI=1S/C21H26N2O6/c1-2-3-4-5-13-6-7-15-14(10-13)12-28-21(15)16(11-24)29-19(18(21)26)23-9-8-17(25)22-20(23)27/h6-10,16,18-19,24,26H,2-5,11-12H2,1H3,(H,22,25,27)/t16-,18+,19-,21-/m1/s1. The van der Waals surface area contributed by atoms with E-state index in [0.717, 1.165) is 35.0 Å². The largest absolute Gasteiger partial charge is 0.394 e. The van der Waals surface area contributed by atoms with Crippen LogP contribution in [0.15, 0.2) is 40.1 Å². The third-order valence-electron chi connectivity index (χ3n) is 5.91. The molecule has 4 atom stereocenters. The number of hydrogen-bond donors (Lipinski definition) is 3. The van der Waals surface area contributed by atoms with Crippen LogP contribution in [-0.4, -0.2) is 38.6 Å². The van der Waals surface area contributed by atoms with E-state index in [1.54, 1.807) is 0 Å². The fourth-order valence-electron chi connectivity index (χ4n) is 4.44. The maximum atomic E-state index is 12.2. The number of aliphatic hydroxyl groups is 2. The summed E-state index contributed by atoms with van der Waals surface area (Å²) in [6.07, 6.45) is 2.51. The average Bonchev–Trinajstić information content (AvgIpc) is 3.22. The molecule has 3 N–H and O–H groups in total. The van der Waals surface area contributed by atoms with E-state index >= 15 is 0 Å². The van der Waals surface area contributed by atoms with Crippen molar-refractivity contribution >= 4 is 0 Å². The zero-order chi connectivity index (χ0) is 20.6. The van der Waals surface area contributed by atoms with Crippen LogP contribution in [0.1, 0.15) is 49.1 Å². The van der Waals surface area contributed by atoms with Crippen LogP contribution in [0.25, 0.3) is 0 Å². The first kappa shape index (κ1) is 20.0. The number of rotatable bonds is 6. The summed E-state index contributed by atoms with van der Waals surface area (Å²) in [5, 5.41) is 21.1. The lowest BCUT2D eigenvalue weighted by Crippen LogP contribution is -2.46. The topological polar surface area (TPSA) is 114 Å². The molecule has 156 valence electrons. The van der Waals surface area contributed by atoms with E-state index in [-0.39, 0.29) is 6.61 Å². The average molecular weight is 402 g/mol. The van der Waals surface area contributed by atoms with Gasteiger partial charge in [-0.1, -0.05) is 38.0 Å². The van der Waals surface area contributed by atoms with E-state index in [1.165, 1.54) is 24.2 Å². The van der Waals surface area contributed by atoms with Gasteiger partial charge in [0.15, 0.2) is 11.8 Å². The molecule has 2 aliphatic rings. The zero-order valence-electron chi connectivity index (χ0n) is 16.3. The van der Waals surface area contributed by atoms with Gasteiger partial charge in [-0.2, -0.15) is 0 Å². The first-order valence-electron chi connectivity index (χ1n) is 10.0. The van der Waals surface area contributed by atoms with Crippen molar-refractivity contribution in [1.82, 2.24) is 9.55 Å². The highest BCUT2D eigenvalue weighted by Crippen LogP contribution is 2.51. The normalized spacial score (nSPS) is 28.2. The van der Waals surface area contributed by atoms with Gasteiger partial charge in [0.2, 0.25) is 0 Å². The Balaban J connectivity index is 1.69. The van der Waals surface area contributed by atoms with E-state index < -0.39 is 35.3 Å². The Morgan fingerprint density at radius 1 is 1.28 bits per heavy atom. The number of aromatic amines is 1. The number of unbranched alkanes of at least 4 members (excludes halogenated alkanes) is 2. The van der Waals surface area contributed by atoms with E-state index in [9.17, 15) is 19.8 Å². The van der Waals surface area contributed by atoms with Gasteiger partial charge in [0, 0.05) is 12.3 Å². The van der Waals surface area contributed by atoms with Gasteiger partial charge in [0.1, 0.15) is 12.2 Å². The summed E-state index contributed by atoms with van der Waals surface area (Å²) in [4.78, 5) is 25.7. The SMILES string of the molecule is CCCCCc1ccc2c(c1)CO[C@@]21[C@@H](CO)O[C@@H](n2ccc(=O)[nH]c2=O)[C@@H]1O. The Bertz CT molecular complexity index is 999. The lowest BCUT2D eigenvalue weighted by atomic mass is 9.83. The third-order valence-corrected chi connectivity index (χ3v) is 5.91. The van der Waals surface area contributed by atoms with Crippen molar-refractivity contribution in [3.05, 3.63) is 68.0 Å². The Kier molecular flexibility index (Phi) is 5.44. The second kappa shape index (κ2) is 7.87. The van der Waals surface area contributed by atoms with Crippen molar-refractivity contribution in [2.45, 2.75) is 63.3 Å². The number of ether oxygens (including phenoxy) is 2. The smallest absolute Gasteiger partial charge is 0.330 e. The van der Waals surface area contributed by atoms with Gasteiger partial charge >= 0.3 is 5.69 Å². The molecule has 0 saturated carbocycles. The third kappa shape index (κ3) is 3.26. The predicted octanol–water partition coefficient (Wildman–Crippen LogP) is 0.946. The first-order chi connectivity index (χ1) is 14.0. The molecule has 2 aliphatic heterocycles. The van der Waals surface area contributed by atoms with Gasteiger partial charge in [-0.25, -0.2) is 4.79 Å². The first-order valence-corrected chi connectivity index (χ1v) is 10.0. The van der Waals surface area contributed by atoms with Gasteiger partial charge in [0.05, 0.1) is 13.2 Å².